The molecule has 4 rings (SSSR count). The van der Waals surface area contributed by atoms with Gasteiger partial charge in [-0.3, -0.25) is 9.59 Å². The SMILES string of the molecule is CCNC(=O)C1CCN(C(=O)c2cc(-c3cccs3)nc3ccccc23)CC1. The maximum atomic E-state index is 13.3. The number of thiophene rings is 1. The highest BCUT2D eigenvalue weighted by Crippen LogP contribution is 2.29. The first kappa shape index (κ1) is 18.6. The standard InChI is InChI=1S/C22H23N3O2S/c1-2-23-21(26)15-9-11-25(12-10-15)22(27)17-14-19(20-8-5-13-28-20)24-18-7-4-3-6-16(17)18/h3-8,13-15H,2,9-12H2,1H3,(H,23,26). The number of fused-ring (bicyclic) bond motifs is 1. The van der Waals surface area contributed by atoms with Crippen LogP contribution in [0.1, 0.15) is 30.1 Å². The summed E-state index contributed by atoms with van der Waals surface area (Å²) in [7, 11) is 0. The van der Waals surface area contributed by atoms with E-state index in [1.807, 2.05) is 59.7 Å². The molecule has 144 valence electrons. The molecule has 0 atom stereocenters. The normalized spacial score (nSPS) is 15.0. The summed E-state index contributed by atoms with van der Waals surface area (Å²) in [5.74, 6) is 0.120. The molecule has 5 nitrogen and oxygen atoms in total. The van der Waals surface area contributed by atoms with Gasteiger partial charge in [0.25, 0.3) is 5.91 Å². The maximum absolute atomic E-state index is 13.3. The molecule has 2 amide bonds. The molecule has 0 aliphatic carbocycles. The summed E-state index contributed by atoms with van der Waals surface area (Å²) in [6, 6.07) is 13.7. The summed E-state index contributed by atoms with van der Waals surface area (Å²) in [5.41, 5.74) is 2.34. The van der Waals surface area contributed by atoms with Gasteiger partial charge in [-0.1, -0.05) is 24.3 Å². The van der Waals surface area contributed by atoms with E-state index < -0.39 is 0 Å². The number of nitrogens with one attached hydrogen (secondary N) is 1. The Morgan fingerprint density at radius 3 is 2.68 bits per heavy atom. The number of benzene rings is 1. The van der Waals surface area contributed by atoms with Gasteiger partial charge in [0.2, 0.25) is 5.91 Å². The third-order valence-corrected chi connectivity index (χ3v) is 6.12. The van der Waals surface area contributed by atoms with E-state index in [9.17, 15) is 9.59 Å². The van der Waals surface area contributed by atoms with Crippen LogP contribution in [0.15, 0.2) is 47.8 Å². The lowest BCUT2D eigenvalue weighted by molar-refractivity contribution is -0.126. The smallest absolute Gasteiger partial charge is 0.254 e. The molecular formula is C22H23N3O2S. The van der Waals surface area contributed by atoms with E-state index in [1.54, 1.807) is 11.3 Å². The third kappa shape index (κ3) is 3.64. The number of carbonyl (C=O) groups is 2. The van der Waals surface area contributed by atoms with Crippen molar-refractivity contribution in [3.05, 3.63) is 53.4 Å². The zero-order valence-corrected chi connectivity index (χ0v) is 16.7. The van der Waals surface area contributed by atoms with Gasteiger partial charge in [0, 0.05) is 30.9 Å². The molecule has 3 heterocycles. The van der Waals surface area contributed by atoms with Crippen molar-refractivity contribution in [1.82, 2.24) is 15.2 Å². The van der Waals surface area contributed by atoms with E-state index in [1.165, 1.54) is 0 Å². The number of hydrogen-bond acceptors (Lipinski definition) is 4. The predicted molar refractivity (Wildman–Crippen MR) is 112 cm³/mol. The number of pyridine rings is 1. The second kappa shape index (κ2) is 8.10. The largest absolute Gasteiger partial charge is 0.356 e. The highest BCUT2D eigenvalue weighted by atomic mass is 32.1. The van der Waals surface area contributed by atoms with Gasteiger partial charge in [0.15, 0.2) is 0 Å². The lowest BCUT2D eigenvalue weighted by Gasteiger charge is -2.31. The minimum atomic E-state index is -0.000126. The molecule has 0 radical (unpaired) electrons. The van der Waals surface area contributed by atoms with E-state index in [-0.39, 0.29) is 17.7 Å². The Morgan fingerprint density at radius 1 is 1.18 bits per heavy atom. The Hall–Kier alpha value is -2.73. The van der Waals surface area contributed by atoms with E-state index >= 15 is 0 Å². The van der Waals surface area contributed by atoms with Crippen LogP contribution in [-0.4, -0.2) is 41.3 Å². The third-order valence-electron chi connectivity index (χ3n) is 5.22. The fourth-order valence-corrected chi connectivity index (χ4v) is 4.42. The molecule has 0 unspecified atom stereocenters. The summed E-state index contributed by atoms with van der Waals surface area (Å²) >= 11 is 1.62. The number of rotatable bonds is 4. The zero-order chi connectivity index (χ0) is 19.5. The van der Waals surface area contributed by atoms with Gasteiger partial charge < -0.3 is 10.2 Å². The van der Waals surface area contributed by atoms with E-state index in [4.69, 9.17) is 4.98 Å². The van der Waals surface area contributed by atoms with Crippen LogP contribution in [0, 0.1) is 5.92 Å². The van der Waals surface area contributed by atoms with Gasteiger partial charge in [0.05, 0.1) is 21.7 Å². The van der Waals surface area contributed by atoms with Crippen molar-refractivity contribution in [3.63, 3.8) is 0 Å². The van der Waals surface area contributed by atoms with Crippen molar-refractivity contribution in [2.75, 3.05) is 19.6 Å². The van der Waals surface area contributed by atoms with Crippen LogP contribution in [0.4, 0.5) is 0 Å². The molecule has 1 fully saturated rings. The number of piperidine rings is 1. The Bertz CT molecular complexity index is 992. The molecule has 1 aliphatic heterocycles. The highest BCUT2D eigenvalue weighted by molar-refractivity contribution is 7.13. The average Bonchev–Trinajstić information content (AvgIpc) is 3.28. The average molecular weight is 394 g/mol. The van der Waals surface area contributed by atoms with Crippen molar-refractivity contribution in [2.45, 2.75) is 19.8 Å². The van der Waals surface area contributed by atoms with Crippen molar-refractivity contribution in [1.29, 1.82) is 0 Å². The van der Waals surface area contributed by atoms with Gasteiger partial charge in [-0.15, -0.1) is 11.3 Å². The fourth-order valence-electron chi connectivity index (χ4n) is 3.74. The fraction of sp³-hybridized carbons (Fsp3) is 0.318. The molecule has 1 saturated heterocycles. The van der Waals surface area contributed by atoms with Gasteiger partial charge in [0.1, 0.15) is 0 Å². The van der Waals surface area contributed by atoms with E-state index in [2.05, 4.69) is 5.32 Å². The maximum Gasteiger partial charge on any atom is 0.254 e. The summed E-state index contributed by atoms with van der Waals surface area (Å²) in [6.45, 7) is 3.78. The molecule has 0 bridgehead atoms. The summed E-state index contributed by atoms with van der Waals surface area (Å²) in [5, 5.41) is 5.78. The number of aromatic nitrogens is 1. The topological polar surface area (TPSA) is 62.3 Å². The number of likely N-dealkylation sites (tertiary alicyclic amines) is 1. The number of carbonyl (C=O) groups excluding carboxylic acids is 2. The number of para-hydroxylation sites is 1. The van der Waals surface area contributed by atoms with Gasteiger partial charge in [-0.25, -0.2) is 4.98 Å². The van der Waals surface area contributed by atoms with Crippen molar-refractivity contribution in [2.24, 2.45) is 5.92 Å². The van der Waals surface area contributed by atoms with Crippen LogP contribution in [0.2, 0.25) is 0 Å². The first-order chi connectivity index (χ1) is 13.7. The van der Waals surface area contributed by atoms with Crippen LogP contribution in [0.3, 0.4) is 0 Å². The van der Waals surface area contributed by atoms with Crippen LogP contribution in [-0.2, 0) is 4.79 Å². The minimum Gasteiger partial charge on any atom is -0.356 e. The lowest BCUT2D eigenvalue weighted by Crippen LogP contribution is -2.43. The molecule has 0 saturated carbocycles. The zero-order valence-electron chi connectivity index (χ0n) is 15.9. The minimum absolute atomic E-state index is 0.000126. The summed E-state index contributed by atoms with van der Waals surface area (Å²) in [4.78, 5) is 33.1. The Balaban J connectivity index is 1.62. The number of hydrogen-bond donors (Lipinski definition) is 1. The molecule has 1 aromatic carbocycles. The lowest BCUT2D eigenvalue weighted by atomic mass is 9.95. The monoisotopic (exact) mass is 393 g/mol. The van der Waals surface area contributed by atoms with Gasteiger partial charge in [-0.2, -0.15) is 0 Å². The van der Waals surface area contributed by atoms with Crippen LogP contribution < -0.4 is 5.32 Å². The number of amides is 2. The first-order valence-electron chi connectivity index (χ1n) is 9.68. The molecule has 6 heteroatoms. The van der Waals surface area contributed by atoms with Crippen LogP contribution in [0.5, 0.6) is 0 Å². The number of nitrogens with zero attached hydrogens (tertiary/aromatic N) is 2. The molecule has 1 aliphatic rings. The second-order valence-corrected chi connectivity index (χ2v) is 7.96. The second-order valence-electron chi connectivity index (χ2n) is 7.01. The Labute approximate surface area is 168 Å². The molecule has 1 N–H and O–H groups in total. The molecular weight excluding hydrogens is 370 g/mol. The molecule has 2 aromatic heterocycles. The quantitative estimate of drug-likeness (QED) is 0.730. The van der Waals surface area contributed by atoms with E-state index in [0.717, 1.165) is 21.5 Å². The summed E-state index contributed by atoms with van der Waals surface area (Å²) < 4.78 is 0. The molecule has 3 aromatic rings. The molecule has 28 heavy (non-hydrogen) atoms. The Kier molecular flexibility index (Phi) is 5.39. The van der Waals surface area contributed by atoms with E-state index in [0.29, 0.717) is 38.0 Å². The predicted octanol–water partition coefficient (Wildman–Crippen LogP) is 3.95. The van der Waals surface area contributed by atoms with Crippen molar-refractivity contribution < 1.29 is 9.59 Å². The highest BCUT2D eigenvalue weighted by Gasteiger charge is 2.28. The van der Waals surface area contributed by atoms with Crippen molar-refractivity contribution >= 4 is 34.1 Å². The van der Waals surface area contributed by atoms with Crippen LogP contribution in [0.25, 0.3) is 21.5 Å². The summed E-state index contributed by atoms with van der Waals surface area (Å²) in [6.07, 6.45) is 1.41. The van der Waals surface area contributed by atoms with Crippen molar-refractivity contribution in [3.8, 4) is 10.6 Å². The molecule has 0 spiro atoms. The first-order valence-corrected chi connectivity index (χ1v) is 10.6. The van der Waals surface area contributed by atoms with Gasteiger partial charge >= 0.3 is 0 Å². The van der Waals surface area contributed by atoms with Crippen LogP contribution >= 0.6 is 11.3 Å². The Morgan fingerprint density at radius 2 is 1.96 bits per heavy atom. The van der Waals surface area contributed by atoms with Gasteiger partial charge in [-0.05, 0) is 43.3 Å².